The summed E-state index contributed by atoms with van der Waals surface area (Å²) in [7, 11) is 0. The van der Waals surface area contributed by atoms with E-state index in [0.29, 0.717) is 23.1 Å². The average molecular weight is 340 g/mol. The van der Waals surface area contributed by atoms with E-state index in [1.165, 1.54) is 0 Å². The third-order valence-electron chi connectivity index (χ3n) is 5.24. The highest BCUT2D eigenvalue weighted by molar-refractivity contribution is 6.00. The number of hydrogen-bond donors (Lipinski definition) is 1. The van der Waals surface area contributed by atoms with Gasteiger partial charge in [0.15, 0.2) is 0 Å². The van der Waals surface area contributed by atoms with Crippen LogP contribution in [0.1, 0.15) is 22.5 Å². The maximum atomic E-state index is 13.1. The zero-order chi connectivity index (χ0) is 17.2. The van der Waals surface area contributed by atoms with E-state index in [1.54, 1.807) is 0 Å². The molecule has 2 fully saturated rings. The monoisotopic (exact) mass is 340 g/mol. The Bertz CT molecular complexity index is 737. The van der Waals surface area contributed by atoms with Crippen molar-refractivity contribution >= 4 is 5.91 Å². The number of nitrogens with zero attached hydrogens (tertiary/aromatic N) is 3. The fourth-order valence-corrected chi connectivity index (χ4v) is 3.85. The quantitative estimate of drug-likeness (QED) is 0.923. The molecule has 6 nitrogen and oxygen atoms in total. The Balaban J connectivity index is 1.53. The lowest BCUT2D eigenvalue weighted by Gasteiger charge is -2.32. The number of hydrogen-bond acceptors (Lipinski definition) is 5. The van der Waals surface area contributed by atoms with Gasteiger partial charge in [0.2, 0.25) is 0 Å². The summed E-state index contributed by atoms with van der Waals surface area (Å²) < 4.78 is 5.36. The fourth-order valence-electron chi connectivity index (χ4n) is 3.85. The number of amides is 1. The molecule has 2 aliphatic rings. The Kier molecular flexibility index (Phi) is 4.55. The minimum Gasteiger partial charge on any atom is -0.360 e. The standard InChI is InChI=1S/C19H24N4O2/c1-14-17(18(21-25-14)15-5-3-2-4-6-15)19(24)23-10-7-16(13-23)22-11-8-20-9-12-22/h2-6,16,20H,7-13H2,1H3. The highest BCUT2D eigenvalue weighted by Gasteiger charge is 2.34. The number of carbonyl (C=O) groups is 1. The summed E-state index contributed by atoms with van der Waals surface area (Å²) in [5.74, 6) is 0.629. The molecular weight excluding hydrogens is 316 g/mol. The summed E-state index contributed by atoms with van der Waals surface area (Å²) >= 11 is 0. The zero-order valence-electron chi connectivity index (χ0n) is 14.6. The lowest BCUT2D eigenvalue weighted by molar-refractivity contribution is 0.0772. The first kappa shape index (κ1) is 16.3. The van der Waals surface area contributed by atoms with E-state index in [0.717, 1.165) is 51.3 Å². The van der Waals surface area contributed by atoms with Crippen molar-refractivity contribution < 1.29 is 9.32 Å². The number of nitrogens with one attached hydrogen (secondary N) is 1. The van der Waals surface area contributed by atoms with Crippen LogP contribution in [-0.2, 0) is 0 Å². The highest BCUT2D eigenvalue weighted by Crippen LogP contribution is 2.28. The minimum absolute atomic E-state index is 0.0373. The predicted octanol–water partition coefficient (Wildman–Crippen LogP) is 1.77. The highest BCUT2D eigenvalue weighted by atomic mass is 16.5. The van der Waals surface area contributed by atoms with Crippen molar-refractivity contribution in [2.75, 3.05) is 39.3 Å². The summed E-state index contributed by atoms with van der Waals surface area (Å²) in [5.41, 5.74) is 2.17. The second kappa shape index (κ2) is 6.98. The van der Waals surface area contributed by atoms with Gasteiger partial charge in [-0.15, -0.1) is 0 Å². The van der Waals surface area contributed by atoms with E-state index in [1.807, 2.05) is 42.2 Å². The van der Waals surface area contributed by atoms with Crippen LogP contribution < -0.4 is 5.32 Å². The van der Waals surface area contributed by atoms with Gasteiger partial charge in [0.1, 0.15) is 17.0 Å². The minimum atomic E-state index is 0.0373. The Hall–Kier alpha value is -2.18. The zero-order valence-corrected chi connectivity index (χ0v) is 14.6. The molecular formula is C19H24N4O2. The second-order valence-corrected chi connectivity index (χ2v) is 6.81. The summed E-state index contributed by atoms with van der Waals surface area (Å²) in [5, 5.41) is 7.53. The molecule has 0 aliphatic carbocycles. The number of rotatable bonds is 3. The molecule has 0 spiro atoms. The Labute approximate surface area is 147 Å². The summed E-state index contributed by atoms with van der Waals surface area (Å²) in [6.45, 7) is 7.60. The van der Waals surface area contributed by atoms with Gasteiger partial charge in [-0.3, -0.25) is 9.69 Å². The fraction of sp³-hybridized carbons (Fsp3) is 0.474. The number of likely N-dealkylation sites (tertiary alicyclic amines) is 1. The molecule has 25 heavy (non-hydrogen) atoms. The van der Waals surface area contributed by atoms with Gasteiger partial charge in [0, 0.05) is 50.9 Å². The SMILES string of the molecule is Cc1onc(-c2ccccc2)c1C(=O)N1CCC(N2CCNCC2)C1. The summed E-state index contributed by atoms with van der Waals surface area (Å²) in [4.78, 5) is 17.6. The second-order valence-electron chi connectivity index (χ2n) is 6.81. The van der Waals surface area contributed by atoms with Crippen LogP contribution in [-0.4, -0.2) is 66.2 Å². The van der Waals surface area contributed by atoms with Gasteiger partial charge in [-0.1, -0.05) is 35.5 Å². The molecule has 0 radical (unpaired) electrons. The van der Waals surface area contributed by atoms with Gasteiger partial charge in [-0.2, -0.15) is 0 Å². The Morgan fingerprint density at radius 3 is 2.72 bits per heavy atom. The van der Waals surface area contributed by atoms with E-state index in [2.05, 4.69) is 15.4 Å². The molecule has 6 heteroatoms. The molecule has 1 aromatic heterocycles. The molecule has 1 N–H and O–H groups in total. The van der Waals surface area contributed by atoms with Crippen molar-refractivity contribution in [1.82, 2.24) is 20.3 Å². The molecule has 2 aromatic rings. The summed E-state index contributed by atoms with van der Waals surface area (Å²) in [6.07, 6.45) is 1.04. The third-order valence-corrected chi connectivity index (χ3v) is 5.24. The van der Waals surface area contributed by atoms with Crippen LogP contribution in [0.25, 0.3) is 11.3 Å². The molecule has 0 saturated carbocycles. The molecule has 4 rings (SSSR count). The molecule has 0 bridgehead atoms. The van der Waals surface area contributed by atoms with Crippen molar-refractivity contribution in [1.29, 1.82) is 0 Å². The Morgan fingerprint density at radius 1 is 1.20 bits per heavy atom. The first-order valence-electron chi connectivity index (χ1n) is 9.00. The number of carbonyl (C=O) groups excluding carboxylic acids is 1. The van der Waals surface area contributed by atoms with E-state index < -0.39 is 0 Å². The van der Waals surface area contributed by atoms with Crippen molar-refractivity contribution in [2.24, 2.45) is 0 Å². The lowest BCUT2D eigenvalue weighted by atomic mass is 10.1. The van der Waals surface area contributed by atoms with Crippen LogP contribution in [0.3, 0.4) is 0 Å². The van der Waals surface area contributed by atoms with Crippen molar-refractivity contribution in [3.05, 3.63) is 41.7 Å². The van der Waals surface area contributed by atoms with Gasteiger partial charge in [0.25, 0.3) is 5.91 Å². The number of benzene rings is 1. The van der Waals surface area contributed by atoms with Crippen LogP contribution >= 0.6 is 0 Å². The molecule has 1 amide bonds. The van der Waals surface area contributed by atoms with Crippen LogP contribution in [0, 0.1) is 6.92 Å². The number of aromatic nitrogens is 1. The molecule has 3 heterocycles. The van der Waals surface area contributed by atoms with Gasteiger partial charge in [-0.25, -0.2) is 0 Å². The largest absolute Gasteiger partial charge is 0.360 e. The van der Waals surface area contributed by atoms with Gasteiger partial charge in [0.05, 0.1) is 0 Å². The van der Waals surface area contributed by atoms with Gasteiger partial charge >= 0.3 is 0 Å². The van der Waals surface area contributed by atoms with Crippen molar-refractivity contribution in [2.45, 2.75) is 19.4 Å². The molecule has 1 aromatic carbocycles. The van der Waals surface area contributed by atoms with Crippen molar-refractivity contribution in [3.63, 3.8) is 0 Å². The average Bonchev–Trinajstić information content (AvgIpc) is 3.30. The maximum absolute atomic E-state index is 13.1. The van der Waals surface area contributed by atoms with Crippen LogP contribution in [0.15, 0.2) is 34.9 Å². The topological polar surface area (TPSA) is 61.6 Å². The molecule has 2 saturated heterocycles. The Morgan fingerprint density at radius 2 is 1.96 bits per heavy atom. The lowest BCUT2D eigenvalue weighted by Crippen LogP contribution is -2.49. The first-order valence-corrected chi connectivity index (χ1v) is 9.00. The third kappa shape index (κ3) is 3.19. The first-order chi connectivity index (χ1) is 12.2. The summed E-state index contributed by atoms with van der Waals surface area (Å²) in [6, 6.07) is 10.2. The van der Waals surface area contributed by atoms with Gasteiger partial charge < -0.3 is 14.7 Å². The van der Waals surface area contributed by atoms with Crippen LogP contribution in [0.2, 0.25) is 0 Å². The van der Waals surface area contributed by atoms with Gasteiger partial charge in [-0.05, 0) is 13.3 Å². The van der Waals surface area contributed by atoms with Crippen LogP contribution in [0.5, 0.6) is 0 Å². The van der Waals surface area contributed by atoms with E-state index in [-0.39, 0.29) is 5.91 Å². The van der Waals surface area contributed by atoms with E-state index in [9.17, 15) is 4.79 Å². The smallest absolute Gasteiger partial charge is 0.259 e. The van der Waals surface area contributed by atoms with E-state index in [4.69, 9.17) is 4.52 Å². The van der Waals surface area contributed by atoms with Crippen molar-refractivity contribution in [3.8, 4) is 11.3 Å². The van der Waals surface area contributed by atoms with Crippen LogP contribution in [0.4, 0.5) is 0 Å². The molecule has 2 aliphatic heterocycles. The maximum Gasteiger partial charge on any atom is 0.259 e. The molecule has 1 atom stereocenters. The number of piperazine rings is 1. The molecule has 132 valence electrons. The molecule has 1 unspecified atom stereocenters. The predicted molar refractivity (Wildman–Crippen MR) is 95.4 cm³/mol. The normalized spacial score (nSPS) is 21.6. The number of aryl methyl sites for hydroxylation is 1. The van der Waals surface area contributed by atoms with E-state index >= 15 is 0 Å².